The van der Waals surface area contributed by atoms with Crippen molar-refractivity contribution in [3.8, 4) is 0 Å². The first kappa shape index (κ1) is 15.7. The van der Waals surface area contributed by atoms with Gasteiger partial charge in [-0.3, -0.25) is 0 Å². The van der Waals surface area contributed by atoms with Crippen LogP contribution >= 0.6 is 0 Å². The van der Waals surface area contributed by atoms with Gasteiger partial charge >= 0.3 is 6.18 Å². The summed E-state index contributed by atoms with van der Waals surface area (Å²) >= 11 is 0. The summed E-state index contributed by atoms with van der Waals surface area (Å²) in [5, 5.41) is 2.90. The van der Waals surface area contributed by atoms with Crippen molar-refractivity contribution in [2.24, 2.45) is 10.9 Å². The van der Waals surface area contributed by atoms with Crippen molar-refractivity contribution >= 4 is 10.0 Å². The van der Waals surface area contributed by atoms with E-state index >= 15 is 0 Å². The number of nitrogens with two attached hydrogens (primary N) is 2. The number of rotatable bonds is 3. The quantitative estimate of drug-likeness (QED) is 0.818. The van der Waals surface area contributed by atoms with Gasteiger partial charge in [-0.15, -0.1) is 0 Å². The maximum Gasteiger partial charge on any atom is 0.419 e. The van der Waals surface area contributed by atoms with E-state index < -0.39 is 51.0 Å². The Labute approximate surface area is 104 Å². The summed E-state index contributed by atoms with van der Waals surface area (Å²) in [7, 11) is -4.90. The zero-order chi connectivity index (χ0) is 15.0. The molecule has 108 valence electrons. The van der Waals surface area contributed by atoms with Gasteiger partial charge in [0.05, 0.1) is 5.56 Å². The second-order valence-electron chi connectivity index (χ2n) is 3.43. The van der Waals surface area contributed by atoms with E-state index in [1.54, 1.807) is 0 Å². The van der Waals surface area contributed by atoms with E-state index in [9.17, 15) is 30.4 Å². The van der Waals surface area contributed by atoms with Crippen molar-refractivity contribution in [2.45, 2.75) is 24.2 Å². The van der Waals surface area contributed by atoms with Gasteiger partial charge in [0.25, 0.3) is 16.4 Å². The fraction of sp³-hybridized carbons (Fsp3) is 0.375. The van der Waals surface area contributed by atoms with Crippen LogP contribution in [0.25, 0.3) is 0 Å². The molecule has 0 aliphatic carbocycles. The molecule has 0 unspecified atom stereocenters. The van der Waals surface area contributed by atoms with Gasteiger partial charge in [0.1, 0.15) is 5.69 Å². The zero-order valence-corrected chi connectivity index (χ0v) is 9.89. The first-order valence-electron chi connectivity index (χ1n) is 4.60. The Morgan fingerprint density at radius 3 is 2.16 bits per heavy atom. The van der Waals surface area contributed by atoms with E-state index in [0.717, 1.165) is 0 Å². The van der Waals surface area contributed by atoms with E-state index in [0.29, 0.717) is 0 Å². The van der Waals surface area contributed by atoms with Crippen molar-refractivity contribution in [3.05, 3.63) is 22.9 Å². The van der Waals surface area contributed by atoms with Crippen LogP contribution in [0.3, 0.4) is 0 Å². The van der Waals surface area contributed by atoms with E-state index in [-0.39, 0.29) is 6.07 Å². The summed E-state index contributed by atoms with van der Waals surface area (Å²) in [6.45, 7) is -0.652. The first-order chi connectivity index (χ1) is 8.48. The molecule has 1 aromatic heterocycles. The molecule has 0 amide bonds. The minimum absolute atomic E-state index is 0.217. The van der Waals surface area contributed by atoms with Gasteiger partial charge in [-0.05, 0) is 11.6 Å². The molecule has 5 nitrogen and oxygen atoms in total. The van der Waals surface area contributed by atoms with Gasteiger partial charge in [0, 0.05) is 6.54 Å². The Hall–Kier alpha value is -1.33. The van der Waals surface area contributed by atoms with E-state index in [2.05, 4.69) is 10.1 Å². The Morgan fingerprint density at radius 1 is 1.32 bits per heavy atom. The van der Waals surface area contributed by atoms with Crippen LogP contribution in [0.5, 0.6) is 0 Å². The highest BCUT2D eigenvalue weighted by atomic mass is 32.2. The summed E-state index contributed by atoms with van der Waals surface area (Å²) in [5.41, 5.74) is 1.57. The van der Waals surface area contributed by atoms with Crippen LogP contribution in [0.1, 0.15) is 23.2 Å². The molecule has 0 aliphatic heterocycles. The molecular weight excluding hydrogens is 297 g/mol. The SMILES string of the molecule is NCc1cc(C(F)(F)F)c(S(N)(=O)=O)nc1C(F)F. The predicted octanol–water partition coefficient (Wildman–Crippen LogP) is 1.14. The monoisotopic (exact) mass is 305 g/mol. The number of sulfonamides is 1. The number of aromatic nitrogens is 1. The maximum atomic E-state index is 12.6. The maximum absolute atomic E-state index is 12.6. The molecular formula is C8H8F5N3O2S. The standard InChI is InChI=1S/C8H8F5N3O2S/c9-6(10)5-3(2-14)1-4(8(11,12)13)7(16-5)19(15,17)18/h1,6H,2,14H2,(H2,15,17,18). The molecule has 0 saturated carbocycles. The van der Waals surface area contributed by atoms with Gasteiger partial charge in [0.15, 0.2) is 5.03 Å². The molecule has 19 heavy (non-hydrogen) atoms. The number of hydrogen-bond acceptors (Lipinski definition) is 4. The van der Waals surface area contributed by atoms with Gasteiger partial charge in [-0.25, -0.2) is 27.3 Å². The average Bonchev–Trinajstić information content (AvgIpc) is 2.24. The summed E-state index contributed by atoms with van der Waals surface area (Å²) in [4.78, 5) is 2.82. The van der Waals surface area contributed by atoms with Crippen molar-refractivity contribution in [1.29, 1.82) is 0 Å². The van der Waals surface area contributed by atoms with Crippen LogP contribution < -0.4 is 10.9 Å². The molecule has 1 rings (SSSR count). The molecule has 0 aliphatic rings. The first-order valence-corrected chi connectivity index (χ1v) is 6.15. The largest absolute Gasteiger partial charge is 0.419 e. The van der Waals surface area contributed by atoms with Crippen molar-refractivity contribution in [1.82, 2.24) is 4.98 Å². The lowest BCUT2D eigenvalue weighted by molar-refractivity contribution is -0.140. The van der Waals surface area contributed by atoms with Crippen molar-refractivity contribution in [3.63, 3.8) is 0 Å². The predicted molar refractivity (Wildman–Crippen MR) is 53.5 cm³/mol. The van der Waals surface area contributed by atoms with Gasteiger partial charge in [0.2, 0.25) is 0 Å². The minimum atomic E-state index is -5.11. The van der Waals surface area contributed by atoms with Crippen LogP contribution in [-0.2, 0) is 22.7 Å². The van der Waals surface area contributed by atoms with Crippen LogP contribution in [-0.4, -0.2) is 13.4 Å². The van der Waals surface area contributed by atoms with Gasteiger partial charge in [-0.2, -0.15) is 13.2 Å². The number of primary sulfonamides is 1. The van der Waals surface area contributed by atoms with Crippen LogP contribution in [0.2, 0.25) is 0 Å². The summed E-state index contributed by atoms with van der Waals surface area (Å²) in [6, 6.07) is 0.217. The Bertz CT molecular complexity index is 585. The highest BCUT2D eigenvalue weighted by molar-refractivity contribution is 7.89. The van der Waals surface area contributed by atoms with Crippen LogP contribution in [0, 0.1) is 0 Å². The molecule has 0 saturated heterocycles. The molecule has 0 aromatic carbocycles. The third kappa shape index (κ3) is 3.36. The Morgan fingerprint density at radius 2 is 1.84 bits per heavy atom. The topological polar surface area (TPSA) is 99.1 Å². The fourth-order valence-corrected chi connectivity index (χ4v) is 2.03. The minimum Gasteiger partial charge on any atom is -0.326 e. The Kier molecular flexibility index (Phi) is 4.12. The number of halogens is 5. The second-order valence-corrected chi connectivity index (χ2v) is 4.91. The molecule has 4 N–H and O–H groups in total. The summed E-state index contributed by atoms with van der Waals surface area (Å²) in [6.07, 6.45) is -8.39. The molecule has 0 spiro atoms. The Balaban J connectivity index is 3.73. The van der Waals surface area contributed by atoms with Crippen LogP contribution in [0.4, 0.5) is 22.0 Å². The van der Waals surface area contributed by atoms with E-state index in [4.69, 9.17) is 5.73 Å². The third-order valence-electron chi connectivity index (χ3n) is 2.10. The molecule has 0 radical (unpaired) electrons. The normalized spacial score (nSPS) is 13.1. The average molecular weight is 305 g/mol. The van der Waals surface area contributed by atoms with Crippen molar-refractivity contribution in [2.75, 3.05) is 0 Å². The molecule has 1 aromatic rings. The molecule has 0 fully saturated rings. The molecule has 11 heteroatoms. The lowest BCUT2D eigenvalue weighted by Gasteiger charge is -2.15. The van der Waals surface area contributed by atoms with Gasteiger partial charge in [-0.1, -0.05) is 0 Å². The van der Waals surface area contributed by atoms with E-state index in [1.807, 2.05) is 0 Å². The lowest BCUT2D eigenvalue weighted by Crippen LogP contribution is -2.23. The smallest absolute Gasteiger partial charge is 0.326 e. The lowest BCUT2D eigenvalue weighted by atomic mass is 10.1. The zero-order valence-electron chi connectivity index (χ0n) is 9.08. The summed E-state index contributed by atoms with van der Waals surface area (Å²) < 4.78 is 85.1. The number of hydrogen-bond donors (Lipinski definition) is 2. The number of alkyl halides is 5. The van der Waals surface area contributed by atoms with Crippen molar-refractivity contribution < 1.29 is 30.4 Å². The molecule has 1 heterocycles. The third-order valence-corrected chi connectivity index (χ3v) is 2.95. The number of nitrogens with zero attached hydrogens (tertiary/aromatic N) is 1. The highest BCUT2D eigenvalue weighted by Gasteiger charge is 2.39. The van der Waals surface area contributed by atoms with Gasteiger partial charge < -0.3 is 5.73 Å². The highest BCUT2D eigenvalue weighted by Crippen LogP contribution is 2.35. The van der Waals surface area contributed by atoms with Crippen LogP contribution in [0.15, 0.2) is 11.1 Å². The molecule has 0 atom stereocenters. The van der Waals surface area contributed by atoms with E-state index in [1.165, 1.54) is 0 Å². The number of pyridine rings is 1. The fourth-order valence-electron chi connectivity index (χ4n) is 1.32. The molecule has 0 bridgehead atoms. The summed E-state index contributed by atoms with van der Waals surface area (Å²) in [5.74, 6) is 0. The second kappa shape index (κ2) is 4.98.